The zero-order valence-corrected chi connectivity index (χ0v) is 16.1. The Labute approximate surface area is 161 Å². The van der Waals surface area contributed by atoms with Crippen LogP contribution in [0.4, 0.5) is 0 Å². The van der Waals surface area contributed by atoms with Gasteiger partial charge in [-0.3, -0.25) is 0 Å². The van der Waals surface area contributed by atoms with Crippen LogP contribution < -0.4 is 0 Å². The minimum absolute atomic E-state index is 0.867. The van der Waals surface area contributed by atoms with Crippen molar-refractivity contribution < 1.29 is 0 Å². The molecule has 0 atom stereocenters. The molecule has 1 heterocycles. The van der Waals surface area contributed by atoms with E-state index in [4.69, 9.17) is 4.98 Å². The maximum Gasteiger partial charge on any atom is 0.141 e. The van der Waals surface area contributed by atoms with E-state index >= 15 is 0 Å². The number of benzene rings is 3. The molecule has 0 radical (unpaired) electrons. The quantitative estimate of drug-likeness (QED) is 0.409. The molecule has 0 N–H and O–H groups in total. The molecule has 0 aliphatic rings. The lowest BCUT2D eigenvalue weighted by atomic mass is 10.0. The van der Waals surface area contributed by atoms with Crippen molar-refractivity contribution >= 4 is 0 Å². The highest BCUT2D eigenvalue weighted by atomic mass is 15.1. The van der Waals surface area contributed by atoms with Crippen molar-refractivity contribution in [1.29, 1.82) is 0 Å². The van der Waals surface area contributed by atoms with Crippen LogP contribution in [0.5, 0.6) is 0 Å². The number of hydrogen-bond acceptors (Lipinski definition) is 1. The van der Waals surface area contributed by atoms with Crippen LogP contribution in [0.15, 0.2) is 78.9 Å². The normalized spacial score (nSPS) is 10.9. The molecule has 2 heteroatoms. The molecule has 1 aromatic heterocycles. The van der Waals surface area contributed by atoms with Crippen LogP contribution in [0.2, 0.25) is 0 Å². The Bertz CT molecular complexity index is 1040. The van der Waals surface area contributed by atoms with Crippen molar-refractivity contribution in [3.05, 3.63) is 90.0 Å². The molecule has 0 fully saturated rings. The highest BCUT2D eigenvalue weighted by Crippen LogP contribution is 2.36. The van der Waals surface area contributed by atoms with E-state index in [1.807, 2.05) is 6.07 Å². The second-order valence-corrected chi connectivity index (χ2v) is 6.99. The minimum atomic E-state index is 0.867. The summed E-state index contributed by atoms with van der Waals surface area (Å²) >= 11 is 0. The average Bonchev–Trinajstić information content (AvgIpc) is 3.08. The summed E-state index contributed by atoms with van der Waals surface area (Å²) in [6, 6.07) is 27.7. The summed E-state index contributed by atoms with van der Waals surface area (Å²) in [6.07, 6.45) is 0. The van der Waals surface area contributed by atoms with Crippen molar-refractivity contribution in [2.24, 2.45) is 0 Å². The third-order valence-electron chi connectivity index (χ3n) is 4.86. The van der Waals surface area contributed by atoms with Crippen LogP contribution in [0.1, 0.15) is 18.1 Å². The first-order valence-corrected chi connectivity index (χ1v) is 9.47. The lowest BCUT2D eigenvalue weighted by molar-refractivity contribution is 0.778. The van der Waals surface area contributed by atoms with E-state index in [0.29, 0.717) is 0 Å². The Balaban J connectivity index is 2.03. The highest BCUT2D eigenvalue weighted by molar-refractivity contribution is 5.82. The van der Waals surface area contributed by atoms with Gasteiger partial charge < -0.3 is 4.57 Å². The molecule has 0 amide bonds. The number of hydrogen-bond donors (Lipinski definition) is 0. The molecular weight excluding hydrogens is 328 g/mol. The van der Waals surface area contributed by atoms with Crippen molar-refractivity contribution in [2.75, 3.05) is 0 Å². The number of aryl methyl sites for hydroxylation is 2. The van der Waals surface area contributed by atoms with Gasteiger partial charge in [0.05, 0.1) is 11.4 Å². The molecule has 0 bridgehead atoms. The second-order valence-electron chi connectivity index (χ2n) is 6.99. The van der Waals surface area contributed by atoms with Gasteiger partial charge in [-0.15, -0.1) is 0 Å². The maximum absolute atomic E-state index is 5.14. The van der Waals surface area contributed by atoms with Crippen LogP contribution in [0, 0.1) is 13.8 Å². The fourth-order valence-corrected chi connectivity index (χ4v) is 3.77. The molecular formula is C25H24N2. The predicted octanol–water partition coefficient (Wildman–Crippen LogP) is 6.52. The Morgan fingerprint density at radius 2 is 1.26 bits per heavy atom. The number of aromatic nitrogens is 2. The Morgan fingerprint density at radius 1 is 0.704 bits per heavy atom. The summed E-state index contributed by atoms with van der Waals surface area (Å²) in [7, 11) is 0. The van der Waals surface area contributed by atoms with Gasteiger partial charge >= 0.3 is 0 Å². The van der Waals surface area contributed by atoms with Crippen molar-refractivity contribution in [1.82, 2.24) is 9.55 Å². The fourth-order valence-electron chi connectivity index (χ4n) is 3.77. The van der Waals surface area contributed by atoms with Crippen LogP contribution >= 0.6 is 0 Å². The zero-order valence-electron chi connectivity index (χ0n) is 16.1. The van der Waals surface area contributed by atoms with Gasteiger partial charge in [0, 0.05) is 23.2 Å². The summed E-state index contributed by atoms with van der Waals surface area (Å²) in [4.78, 5) is 5.14. The molecule has 2 nitrogen and oxygen atoms in total. The predicted molar refractivity (Wildman–Crippen MR) is 114 cm³/mol. The molecule has 0 unspecified atom stereocenters. The standard InChI is InChI=1S/C25H24N2/c1-4-27-24(21-13-9-6-10-14-21)23(20-11-7-5-8-12-20)26-25(27)22-16-18(2)15-19(3)17-22/h5-17H,4H2,1-3H3. The van der Waals surface area contributed by atoms with Gasteiger partial charge in [-0.1, -0.05) is 77.9 Å². The fraction of sp³-hybridized carbons (Fsp3) is 0.160. The van der Waals surface area contributed by atoms with E-state index in [1.54, 1.807) is 0 Å². The SMILES string of the molecule is CCn1c(-c2cc(C)cc(C)c2)nc(-c2ccccc2)c1-c1ccccc1. The van der Waals surface area contributed by atoms with Crippen LogP contribution in [0.25, 0.3) is 33.9 Å². The first-order valence-electron chi connectivity index (χ1n) is 9.47. The molecule has 4 aromatic rings. The van der Waals surface area contributed by atoms with Crippen LogP contribution in [0.3, 0.4) is 0 Å². The average molecular weight is 352 g/mol. The summed E-state index contributed by atoms with van der Waals surface area (Å²) in [5.74, 6) is 1.03. The molecule has 0 aliphatic heterocycles. The van der Waals surface area contributed by atoms with Gasteiger partial charge in [0.1, 0.15) is 5.82 Å². The minimum Gasteiger partial charge on any atom is -0.324 e. The van der Waals surface area contributed by atoms with Gasteiger partial charge in [0.25, 0.3) is 0 Å². The molecule has 3 aromatic carbocycles. The second kappa shape index (κ2) is 7.24. The summed E-state index contributed by atoms with van der Waals surface area (Å²) in [5.41, 5.74) is 8.26. The van der Waals surface area contributed by atoms with Crippen molar-refractivity contribution in [3.63, 3.8) is 0 Å². The van der Waals surface area contributed by atoms with Crippen LogP contribution in [-0.2, 0) is 6.54 Å². The van der Waals surface area contributed by atoms with E-state index in [9.17, 15) is 0 Å². The van der Waals surface area contributed by atoms with E-state index in [-0.39, 0.29) is 0 Å². The Kier molecular flexibility index (Phi) is 4.64. The van der Waals surface area contributed by atoms with Gasteiger partial charge in [-0.25, -0.2) is 4.98 Å². The summed E-state index contributed by atoms with van der Waals surface area (Å²) < 4.78 is 2.34. The number of nitrogens with zero attached hydrogens (tertiary/aromatic N) is 2. The van der Waals surface area contributed by atoms with Crippen molar-refractivity contribution in [2.45, 2.75) is 27.3 Å². The molecule has 0 spiro atoms. The third kappa shape index (κ3) is 3.31. The molecule has 0 aliphatic carbocycles. The highest BCUT2D eigenvalue weighted by Gasteiger charge is 2.20. The molecule has 0 saturated heterocycles. The molecule has 27 heavy (non-hydrogen) atoms. The monoisotopic (exact) mass is 352 g/mol. The smallest absolute Gasteiger partial charge is 0.141 e. The van der Waals surface area contributed by atoms with Crippen LogP contribution in [-0.4, -0.2) is 9.55 Å². The zero-order chi connectivity index (χ0) is 18.8. The summed E-state index contributed by atoms with van der Waals surface area (Å²) in [5, 5.41) is 0. The first-order chi connectivity index (χ1) is 13.2. The van der Waals surface area contributed by atoms with E-state index in [2.05, 4.69) is 98.1 Å². The molecule has 0 saturated carbocycles. The third-order valence-corrected chi connectivity index (χ3v) is 4.86. The number of imidazole rings is 1. The Morgan fingerprint density at radius 3 is 1.81 bits per heavy atom. The largest absolute Gasteiger partial charge is 0.324 e. The first kappa shape index (κ1) is 17.3. The van der Waals surface area contributed by atoms with E-state index in [1.165, 1.54) is 27.9 Å². The lowest BCUT2D eigenvalue weighted by Gasteiger charge is -2.12. The van der Waals surface area contributed by atoms with Gasteiger partial charge in [-0.2, -0.15) is 0 Å². The van der Waals surface area contributed by atoms with Crippen molar-refractivity contribution in [3.8, 4) is 33.9 Å². The van der Waals surface area contributed by atoms with Gasteiger partial charge in [-0.05, 0) is 32.9 Å². The lowest BCUT2D eigenvalue weighted by Crippen LogP contribution is -2.00. The maximum atomic E-state index is 5.14. The topological polar surface area (TPSA) is 17.8 Å². The van der Waals surface area contributed by atoms with E-state index in [0.717, 1.165) is 23.6 Å². The van der Waals surface area contributed by atoms with Gasteiger partial charge in [0.15, 0.2) is 0 Å². The summed E-state index contributed by atoms with van der Waals surface area (Å²) in [6.45, 7) is 7.35. The Hall–Kier alpha value is -3.13. The van der Waals surface area contributed by atoms with E-state index < -0.39 is 0 Å². The molecule has 4 rings (SSSR count). The number of rotatable bonds is 4. The molecule has 134 valence electrons. The van der Waals surface area contributed by atoms with Gasteiger partial charge in [0.2, 0.25) is 0 Å².